The Morgan fingerprint density at radius 3 is 2.65 bits per heavy atom. The van der Waals surface area contributed by atoms with Crippen LogP contribution in [0.1, 0.15) is 25.0 Å². The van der Waals surface area contributed by atoms with E-state index in [1.54, 1.807) is 6.20 Å². The molecule has 0 aliphatic carbocycles. The van der Waals surface area contributed by atoms with Crippen LogP contribution in [0.2, 0.25) is 5.02 Å². The molecular weight excluding hydrogens is 344 g/mol. The average molecular weight is 365 g/mol. The van der Waals surface area contributed by atoms with Crippen LogP contribution in [0.25, 0.3) is 0 Å². The van der Waals surface area contributed by atoms with Crippen LogP contribution in [0.3, 0.4) is 0 Å². The van der Waals surface area contributed by atoms with Gasteiger partial charge in [0.25, 0.3) is 0 Å². The highest BCUT2D eigenvalue weighted by molar-refractivity contribution is 6.30. The summed E-state index contributed by atoms with van der Waals surface area (Å²) in [5.41, 5.74) is 3.63. The summed E-state index contributed by atoms with van der Waals surface area (Å²) in [6, 6.07) is 18.2. The number of hydrogen-bond donors (Lipinski definition) is 1. The lowest BCUT2D eigenvalue weighted by molar-refractivity contribution is 0.427. The van der Waals surface area contributed by atoms with Gasteiger partial charge in [0.2, 0.25) is 5.95 Å². The third-order valence-corrected chi connectivity index (χ3v) is 5.03. The number of aromatic nitrogens is 2. The summed E-state index contributed by atoms with van der Waals surface area (Å²) in [5, 5.41) is 3.92. The molecule has 1 aliphatic heterocycles. The van der Waals surface area contributed by atoms with Crippen molar-refractivity contribution < 1.29 is 0 Å². The molecule has 0 spiro atoms. The van der Waals surface area contributed by atoms with Gasteiger partial charge >= 0.3 is 0 Å². The molecule has 0 bridgehead atoms. The normalized spacial score (nSPS) is 15.4. The van der Waals surface area contributed by atoms with Gasteiger partial charge in [-0.1, -0.05) is 41.9 Å². The van der Waals surface area contributed by atoms with Crippen molar-refractivity contribution >= 4 is 29.1 Å². The van der Waals surface area contributed by atoms with Crippen molar-refractivity contribution in [1.29, 1.82) is 0 Å². The Hall–Kier alpha value is -2.59. The van der Waals surface area contributed by atoms with Crippen LogP contribution >= 0.6 is 11.6 Å². The van der Waals surface area contributed by atoms with Gasteiger partial charge in [-0.15, -0.1) is 0 Å². The third kappa shape index (κ3) is 3.37. The van der Waals surface area contributed by atoms with Crippen molar-refractivity contribution in [2.75, 3.05) is 10.2 Å². The summed E-state index contributed by atoms with van der Waals surface area (Å²) >= 11 is 6.06. The van der Waals surface area contributed by atoms with E-state index in [0.717, 1.165) is 24.5 Å². The molecule has 0 amide bonds. The van der Waals surface area contributed by atoms with Crippen molar-refractivity contribution in [1.82, 2.24) is 9.97 Å². The predicted molar refractivity (Wildman–Crippen MR) is 107 cm³/mol. The number of rotatable bonds is 3. The van der Waals surface area contributed by atoms with E-state index in [4.69, 9.17) is 16.6 Å². The first-order chi connectivity index (χ1) is 12.5. The standard InChI is InChI=1S/C21H21ClN4/c1-21(2)13-15-6-3-4-7-16(15)14-26(21)19-10-11-23-20(25-19)24-18-9-5-8-17(22)12-18/h3-12H,13-14H2,1-2H3,(H,23,24,25). The molecule has 3 aromatic rings. The molecule has 132 valence electrons. The van der Waals surface area contributed by atoms with E-state index in [9.17, 15) is 0 Å². The highest BCUT2D eigenvalue weighted by Crippen LogP contribution is 2.34. The molecule has 2 heterocycles. The van der Waals surface area contributed by atoms with Crippen LogP contribution in [0.15, 0.2) is 60.8 Å². The Bertz CT molecular complexity index is 939. The highest BCUT2D eigenvalue weighted by atomic mass is 35.5. The number of nitrogens with one attached hydrogen (secondary N) is 1. The SMILES string of the molecule is CC1(C)Cc2ccccc2CN1c1ccnc(Nc2cccc(Cl)c2)n1. The molecular formula is C21H21ClN4. The molecule has 0 atom stereocenters. The molecule has 0 radical (unpaired) electrons. The Morgan fingerprint density at radius 2 is 1.85 bits per heavy atom. The van der Waals surface area contributed by atoms with Gasteiger partial charge in [-0.05, 0) is 55.7 Å². The fourth-order valence-corrected chi connectivity index (χ4v) is 3.67. The zero-order valence-electron chi connectivity index (χ0n) is 14.9. The lowest BCUT2D eigenvalue weighted by Gasteiger charge is -2.44. The molecule has 1 aromatic heterocycles. The molecule has 4 rings (SSSR count). The molecule has 26 heavy (non-hydrogen) atoms. The Kier molecular flexibility index (Phi) is 4.29. The van der Waals surface area contributed by atoms with E-state index in [2.05, 4.69) is 53.3 Å². The number of halogens is 1. The molecule has 1 aliphatic rings. The number of fused-ring (bicyclic) bond motifs is 1. The van der Waals surface area contributed by atoms with Crippen LogP contribution in [0, 0.1) is 0 Å². The summed E-state index contributed by atoms with van der Waals surface area (Å²) in [4.78, 5) is 11.5. The van der Waals surface area contributed by atoms with E-state index in [1.165, 1.54) is 11.1 Å². The third-order valence-electron chi connectivity index (χ3n) is 4.80. The minimum atomic E-state index is -0.0178. The fourth-order valence-electron chi connectivity index (χ4n) is 3.48. The van der Waals surface area contributed by atoms with Gasteiger partial charge in [0, 0.05) is 29.0 Å². The molecule has 0 saturated heterocycles. The van der Waals surface area contributed by atoms with E-state index in [-0.39, 0.29) is 5.54 Å². The Balaban J connectivity index is 1.64. The van der Waals surface area contributed by atoms with Crippen LogP contribution in [0.4, 0.5) is 17.5 Å². The fraction of sp³-hybridized carbons (Fsp3) is 0.238. The van der Waals surface area contributed by atoms with E-state index in [1.807, 2.05) is 30.3 Å². The maximum absolute atomic E-state index is 6.06. The smallest absolute Gasteiger partial charge is 0.229 e. The molecule has 1 N–H and O–H groups in total. The maximum Gasteiger partial charge on any atom is 0.229 e. The summed E-state index contributed by atoms with van der Waals surface area (Å²) < 4.78 is 0. The van der Waals surface area contributed by atoms with Gasteiger partial charge in [-0.25, -0.2) is 4.98 Å². The van der Waals surface area contributed by atoms with Gasteiger partial charge in [-0.3, -0.25) is 0 Å². The first kappa shape index (κ1) is 16.9. The van der Waals surface area contributed by atoms with Gasteiger partial charge in [0.1, 0.15) is 5.82 Å². The zero-order valence-corrected chi connectivity index (χ0v) is 15.7. The Labute approximate surface area is 158 Å². The summed E-state index contributed by atoms with van der Waals surface area (Å²) in [6.07, 6.45) is 2.79. The molecule has 5 heteroatoms. The van der Waals surface area contributed by atoms with Crippen LogP contribution < -0.4 is 10.2 Å². The summed E-state index contributed by atoms with van der Waals surface area (Å²) in [5.74, 6) is 1.49. The van der Waals surface area contributed by atoms with E-state index in [0.29, 0.717) is 11.0 Å². The number of nitrogens with zero attached hydrogens (tertiary/aromatic N) is 3. The second kappa shape index (κ2) is 6.61. The van der Waals surface area contributed by atoms with E-state index >= 15 is 0 Å². The number of hydrogen-bond acceptors (Lipinski definition) is 4. The van der Waals surface area contributed by atoms with Gasteiger partial charge < -0.3 is 10.2 Å². The average Bonchev–Trinajstić information content (AvgIpc) is 2.60. The van der Waals surface area contributed by atoms with Gasteiger partial charge in [-0.2, -0.15) is 4.98 Å². The largest absolute Gasteiger partial charge is 0.347 e. The Morgan fingerprint density at radius 1 is 1.04 bits per heavy atom. The molecule has 4 nitrogen and oxygen atoms in total. The van der Waals surface area contributed by atoms with Crippen molar-refractivity contribution in [3.05, 3.63) is 76.9 Å². The maximum atomic E-state index is 6.06. The second-order valence-corrected chi connectivity index (χ2v) is 7.65. The highest BCUT2D eigenvalue weighted by Gasteiger charge is 2.33. The van der Waals surface area contributed by atoms with Crippen molar-refractivity contribution in [2.24, 2.45) is 0 Å². The molecule has 0 unspecified atom stereocenters. The van der Waals surface area contributed by atoms with Crippen LogP contribution in [0.5, 0.6) is 0 Å². The summed E-state index contributed by atoms with van der Waals surface area (Å²) in [7, 11) is 0. The van der Waals surface area contributed by atoms with E-state index < -0.39 is 0 Å². The first-order valence-corrected chi connectivity index (χ1v) is 9.09. The van der Waals surface area contributed by atoms with Crippen LogP contribution in [-0.4, -0.2) is 15.5 Å². The van der Waals surface area contributed by atoms with Gasteiger partial charge in [0.15, 0.2) is 0 Å². The summed E-state index contributed by atoms with van der Waals surface area (Å²) in [6.45, 7) is 5.36. The first-order valence-electron chi connectivity index (χ1n) is 8.71. The van der Waals surface area contributed by atoms with Crippen molar-refractivity contribution in [3.63, 3.8) is 0 Å². The van der Waals surface area contributed by atoms with Crippen molar-refractivity contribution in [2.45, 2.75) is 32.4 Å². The molecule has 0 fully saturated rings. The van der Waals surface area contributed by atoms with Crippen molar-refractivity contribution in [3.8, 4) is 0 Å². The topological polar surface area (TPSA) is 41.1 Å². The lowest BCUT2D eigenvalue weighted by Crippen LogP contribution is -2.49. The zero-order chi connectivity index (χ0) is 18.1. The minimum Gasteiger partial charge on any atom is -0.347 e. The number of benzene rings is 2. The predicted octanol–water partition coefficient (Wildman–Crippen LogP) is 5.21. The quantitative estimate of drug-likeness (QED) is 0.692. The van der Waals surface area contributed by atoms with Crippen LogP contribution in [-0.2, 0) is 13.0 Å². The molecule has 2 aromatic carbocycles. The second-order valence-electron chi connectivity index (χ2n) is 7.22. The lowest BCUT2D eigenvalue weighted by atomic mass is 9.85. The minimum absolute atomic E-state index is 0.0178. The molecule has 0 saturated carbocycles. The van der Waals surface area contributed by atoms with Gasteiger partial charge in [0.05, 0.1) is 0 Å². The number of anilines is 3. The monoisotopic (exact) mass is 364 g/mol.